The van der Waals surface area contributed by atoms with E-state index in [0.29, 0.717) is 10.8 Å². The third kappa shape index (κ3) is 3.56. The monoisotopic (exact) mass is 424 g/mol. The van der Waals surface area contributed by atoms with Crippen LogP contribution in [0.15, 0.2) is 47.5 Å². The van der Waals surface area contributed by atoms with Crippen molar-refractivity contribution in [2.24, 2.45) is 5.92 Å². The van der Waals surface area contributed by atoms with E-state index in [0.717, 1.165) is 67.0 Å². The number of benzene rings is 1. The van der Waals surface area contributed by atoms with Gasteiger partial charge in [-0.1, -0.05) is 12.1 Å². The summed E-state index contributed by atoms with van der Waals surface area (Å²) in [5.41, 5.74) is 3.71. The molecule has 2 aromatic heterocycles. The average Bonchev–Trinajstić information content (AvgIpc) is 3.50. The zero-order chi connectivity index (χ0) is 20.9. The highest BCUT2D eigenvalue weighted by Crippen LogP contribution is 2.33. The van der Waals surface area contributed by atoms with Crippen molar-refractivity contribution in [1.82, 2.24) is 14.9 Å². The summed E-state index contributed by atoms with van der Waals surface area (Å²) in [6.45, 7) is 3.12. The van der Waals surface area contributed by atoms with Gasteiger partial charge >= 0.3 is 0 Å². The molecular formula is C22H24N4O3S. The van der Waals surface area contributed by atoms with Crippen LogP contribution in [0.2, 0.25) is 0 Å². The number of piperazine rings is 1. The summed E-state index contributed by atoms with van der Waals surface area (Å²) in [5, 5.41) is 1.03. The largest absolute Gasteiger partial charge is 0.367 e. The van der Waals surface area contributed by atoms with E-state index in [-0.39, 0.29) is 5.92 Å². The lowest BCUT2D eigenvalue weighted by molar-refractivity contribution is -0.132. The molecule has 1 N–H and O–H groups in total. The summed E-state index contributed by atoms with van der Waals surface area (Å²) >= 11 is 0. The molecule has 0 spiro atoms. The fourth-order valence-corrected chi connectivity index (χ4v) is 4.71. The number of aromatic nitrogens is 2. The number of H-pyrrole nitrogens is 1. The van der Waals surface area contributed by atoms with Gasteiger partial charge in [-0.15, -0.1) is 0 Å². The van der Waals surface area contributed by atoms with Crippen molar-refractivity contribution in [3.63, 3.8) is 0 Å². The van der Waals surface area contributed by atoms with Gasteiger partial charge in [0.05, 0.1) is 4.90 Å². The zero-order valence-electron chi connectivity index (χ0n) is 16.8. The standard InChI is InChI=1S/C22H24N4O3S/c1-30(28,29)17-6-4-15(5-7-17)19-14-18-20(8-9-23-21(18)24-19)25-10-12-26(13-11-25)22(27)16-2-3-16/h4-9,14,16H,2-3,10-13H2,1H3,(H,23,24). The summed E-state index contributed by atoms with van der Waals surface area (Å²) in [7, 11) is -3.22. The summed E-state index contributed by atoms with van der Waals surface area (Å²) in [5.74, 6) is 0.585. The molecule has 1 aliphatic heterocycles. The predicted octanol–water partition coefficient (Wildman–Crippen LogP) is 2.69. The zero-order valence-corrected chi connectivity index (χ0v) is 17.7. The summed E-state index contributed by atoms with van der Waals surface area (Å²) in [6.07, 6.45) is 5.09. The quantitative estimate of drug-likeness (QED) is 0.696. The number of anilines is 1. The lowest BCUT2D eigenvalue weighted by atomic mass is 10.1. The number of carbonyl (C=O) groups is 1. The van der Waals surface area contributed by atoms with Gasteiger partial charge in [-0.3, -0.25) is 4.79 Å². The fraction of sp³-hybridized carbons (Fsp3) is 0.364. The van der Waals surface area contributed by atoms with Crippen molar-refractivity contribution in [3.05, 3.63) is 42.6 Å². The third-order valence-corrected chi connectivity index (χ3v) is 7.09. The van der Waals surface area contributed by atoms with Gasteiger partial charge in [0.15, 0.2) is 9.84 Å². The van der Waals surface area contributed by atoms with Gasteiger partial charge in [0.2, 0.25) is 5.91 Å². The van der Waals surface area contributed by atoms with Gasteiger partial charge in [-0.25, -0.2) is 13.4 Å². The molecule has 1 saturated carbocycles. The summed E-state index contributed by atoms with van der Waals surface area (Å²) < 4.78 is 23.4. The van der Waals surface area contributed by atoms with Crippen molar-refractivity contribution in [2.45, 2.75) is 17.7 Å². The minimum absolute atomic E-state index is 0.269. The van der Waals surface area contributed by atoms with Crippen LogP contribution >= 0.6 is 0 Å². The fourth-order valence-electron chi connectivity index (χ4n) is 4.08. The van der Waals surface area contributed by atoms with E-state index in [1.807, 2.05) is 23.1 Å². The van der Waals surface area contributed by atoms with E-state index in [1.165, 1.54) is 6.26 Å². The molecule has 1 saturated heterocycles. The van der Waals surface area contributed by atoms with Crippen molar-refractivity contribution >= 4 is 32.5 Å². The number of carbonyl (C=O) groups excluding carboxylic acids is 1. The highest BCUT2D eigenvalue weighted by atomic mass is 32.2. The van der Waals surface area contributed by atoms with Crippen molar-refractivity contribution in [2.75, 3.05) is 37.3 Å². The van der Waals surface area contributed by atoms with Gasteiger partial charge < -0.3 is 14.8 Å². The Kier molecular flexibility index (Phi) is 4.54. The maximum Gasteiger partial charge on any atom is 0.225 e. The molecule has 0 bridgehead atoms. The molecule has 5 rings (SSSR count). The molecule has 1 aliphatic carbocycles. The van der Waals surface area contributed by atoms with Crippen LogP contribution in [0.1, 0.15) is 12.8 Å². The molecule has 156 valence electrons. The molecule has 2 fully saturated rings. The number of nitrogens with one attached hydrogen (secondary N) is 1. The number of pyridine rings is 1. The van der Waals surface area contributed by atoms with Gasteiger partial charge in [0, 0.05) is 61.3 Å². The average molecular weight is 425 g/mol. The first kappa shape index (κ1) is 19.1. The first-order valence-corrected chi connectivity index (χ1v) is 12.1. The van der Waals surface area contributed by atoms with E-state index in [9.17, 15) is 13.2 Å². The molecule has 3 aromatic rings. The van der Waals surface area contributed by atoms with Crippen molar-refractivity contribution in [3.8, 4) is 11.3 Å². The van der Waals surface area contributed by atoms with E-state index in [1.54, 1.807) is 18.3 Å². The minimum Gasteiger partial charge on any atom is -0.367 e. The molecule has 0 radical (unpaired) electrons. The Hall–Kier alpha value is -2.87. The number of hydrogen-bond donors (Lipinski definition) is 1. The van der Waals surface area contributed by atoms with Crippen molar-refractivity contribution < 1.29 is 13.2 Å². The highest BCUT2D eigenvalue weighted by Gasteiger charge is 2.34. The first-order chi connectivity index (χ1) is 14.4. The van der Waals surface area contributed by atoms with Gasteiger partial charge in [-0.2, -0.15) is 0 Å². The molecule has 1 aromatic carbocycles. The third-order valence-electron chi connectivity index (χ3n) is 5.96. The van der Waals surface area contributed by atoms with Gasteiger partial charge in [0.25, 0.3) is 0 Å². The number of sulfone groups is 1. The minimum atomic E-state index is -3.22. The topological polar surface area (TPSA) is 86.4 Å². The molecule has 0 atom stereocenters. The Morgan fingerprint density at radius 1 is 1.07 bits per heavy atom. The van der Waals surface area contributed by atoms with Crippen LogP contribution < -0.4 is 4.90 Å². The normalized spacial score (nSPS) is 17.5. The molecule has 8 heteroatoms. The number of nitrogens with zero attached hydrogens (tertiary/aromatic N) is 3. The molecule has 0 unspecified atom stereocenters. The molecule has 1 amide bonds. The van der Waals surface area contributed by atoms with Crippen LogP contribution in [0.25, 0.3) is 22.3 Å². The van der Waals surface area contributed by atoms with Gasteiger partial charge in [0.1, 0.15) is 5.65 Å². The smallest absolute Gasteiger partial charge is 0.225 e. The lowest BCUT2D eigenvalue weighted by Crippen LogP contribution is -2.49. The molecule has 3 heterocycles. The second-order valence-electron chi connectivity index (χ2n) is 8.16. The SMILES string of the molecule is CS(=O)(=O)c1ccc(-c2cc3c(N4CCN(C(=O)C5CC5)CC4)ccnc3[nH]2)cc1. The number of amides is 1. The predicted molar refractivity (Wildman–Crippen MR) is 116 cm³/mol. The van der Waals surface area contributed by atoms with Crippen LogP contribution in [0, 0.1) is 5.92 Å². The molecule has 7 nitrogen and oxygen atoms in total. The number of hydrogen-bond acceptors (Lipinski definition) is 5. The van der Waals surface area contributed by atoms with E-state index >= 15 is 0 Å². The van der Waals surface area contributed by atoms with Crippen LogP contribution in [-0.2, 0) is 14.6 Å². The second kappa shape index (κ2) is 7.12. The number of fused-ring (bicyclic) bond motifs is 1. The summed E-state index contributed by atoms with van der Waals surface area (Å²) in [4.78, 5) is 24.8. The van der Waals surface area contributed by atoms with Crippen LogP contribution in [-0.4, -0.2) is 61.6 Å². The Morgan fingerprint density at radius 3 is 2.40 bits per heavy atom. The maximum absolute atomic E-state index is 12.3. The molecule has 2 aliphatic rings. The van der Waals surface area contributed by atoms with Gasteiger partial charge in [-0.05, 0) is 42.7 Å². The van der Waals surface area contributed by atoms with Crippen LogP contribution in [0.4, 0.5) is 5.69 Å². The Labute approximate surface area is 175 Å². The highest BCUT2D eigenvalue weighted by molar-refractivity contribution is 7.90. The lowest BCUT2D eigenvalue weighted by Gasteiger charge is -2.36. The maximum atomic E-state index is 12.3. The van der Waals surface area contributed by atoms with Crippen LogP contribution in [0.3, 0.4) is 0 Å². The van der Waals surface area contributed by atoms with Crippen molar-refractivity contribution in [1.29, 1.82) is 0 Å². The Balaban J connectivity index is 1.40. The molecule has 30 heavy (non-hydrogen) atoms. The molecular weight excluding hydrogens is 400 g/mol. The Bertz CT molecular complexity index is 1200. The second-order valence-corrected chi connectivity index (χ2v) is 10.2. The van der Waals surface area contributed by atoms with Crippen LogP contribution in [0.5, 0.6) is 0 Å². The van der Waals surface area contributed by atoms with E-state index in [2.05, 4.69) is 20.9 Å². The number of aromatic amines is 1. The number of rotatable bonds is 4. The summed E-state index contributed by atoms with van der Waals surface area (Å²) in [6, 6.07) is 11.0. The van der Waals surface area contributed by atoms with E-state index in [4.69, 9.17) is 0 Å². The van der Waals surface area contributed by atoms with E-state index < -0.39 is 9.84 Å². The Morgan fingerprint density at radius 2 is 1.77 bits per heavy atom. The first-order valence-electron chi connectivity index (χ1n) is 10.2.